The summed E-state index contributed by atoms with van der Waals surface area (Å²) in [7, 11) is 0. The molecule has 0 amide bonds. The van der Waals surface area contributed by atoms with E-state index in [0.717, 1.165) is 22.6 Å². The molecular formula is C13H13N5O. The number of nitrogens with one attached hydrogen (secondary N) is 2. The number of pyridine rings is 1. The van der Waals surface area contributed by atoms with Gasteiger partial charge in [0.05, 0.1) is 24.6 Å². The molecule has 0 saturated carbocycles. The van der Waals surface area contributed by atoms with Crippen LogP contribution >= 0.6 is 0 Å². The molecule has 0 atom stereocenters. The first-order valence-electron chi connectivity index (χ1n) is 5.96. The van der Waals surface area contributed by atoms with Crippen LogP contribution in [0.4, 0.5) is 0 Å². The second kappa shape index (κ2) is 5.45. The highest BCUT2D eigenvalue weighted by molar-refractivity contribution is 5.61. The predicted octanol–water partition coefficient (Wildman–Crippen LogP) is 1.75. The van der Waals surface area contributed by atoms with Gasteiger partial charge in [-0.05, 0) is 12.1 Å². The maximum Gasteiger partial charge on any atom is 0.150 e. The molecule has 96 valence electrons. The molecule has 0 saturated heterocycles. The summed E-state index contributed by atoms with van der Waals surface area (Å²) in [5.41, 5.74) is 3.10. The van der Waals surface area contributed by atoms with Crippen molar-refractivity contribution in [2.75, 3.05) is 0 Å². The highest BCUT2D eigenvalue weighted by Gasteiger charge is 2.07. The molecule has 3 aromatic rings. The highest BCUT2D eigenvalue weighted by Crippen LogP contribution is 2.19. The van der Waals surface area contributed by atoms with E-state index in [1.54, 1.807) is 12.4 Å². The molecule has 0 aromatic carbocycles. The normalized spacial score (nSPS) is 10.7. The lowest BCUT2D eigenvalue weighted by molar-refractivity contribution is 0.373. The monoisotopic (exact) mass is 255 g/mol. The summed E-state index contributed by atoms with van der Waals surface area (Å²) >= 11 is 0. The number of hydrogen-bond donors (Lipinski definition) is 2. The zero-order valence-electron chi connectivity index (χ0n) is 10.2. The number of aromatic nitrogens is 4. The number of nitrogens with zero attached hydrogens (tertiary/aromatic N) is 3. The molecular weight excluding hydrogens is 242 g/mol. The Morgan fingerprint density at radius 1 is 1.16 bits per heavy atom. The lowest BCUT2D eigenvalue weighted by Gasteiger charge is -2.03. The molecule has 0 aliphatic heterocycles. The van der Waals surface area contributed by atoms with Gasteiger partial charge in [0.2, 0.25) is 0 Å². The molecule has 2 N–H and O–H groups in total. The van der Waals surface area contributed by atoms with E-state index in [9.17, 15) is 0 Å². The van der Waals surface area contributed by atoms with Gasteiger partial charge in [0.1, 0.15) is 5.76 Å². The molecule has 3 rings (SSSR count). The van der Waals surface area contributed by atoms with Gasteiger partial charge in [0.25, 0.3) is 0 Å². The molecule has 0 fully saturated rings. The van der Waals surface area contributed by atoms with Crippen molar-refractivity contribution in [2.45, 2.75) is 13.1 Å². The Morgan fingerprint density at radius 3 is 2.95 bits per heavy atom. The van der Waals surface area contributed by atoms with Crippen LogP contribution in [0.5, 0.6) is 0 Å². The lowest BCUT2D eigenvalue weighted by atomic mass is 10.1. The largest absolute Gasteiger partial charge is 0.360 e. The molecule has 0 aliphatic rings. The second-order valence-corrected chi connectivity index (χ2v) is 4.09. The number of hydrogen-bond acceptors (Lipinski definition) is 5. The summed E-state index contributed by atoms with van der Waals surface area (Å²) < 4.78 is 5.02. The summed E-state index contributed by atoms with van der Waals surface area (Å²) in [4.78, 5) is 4.11. The predicted molar refractivity (Wildman–Crippen MR) is 68.9 cm³/mol. The highest BCUT2D eigenvalue weighted by atomic mass is 16.5. The van der Waals surface area contributed by atoms with Crippen molar-refractivity contribution in [2.24, 2.45) is 0 Å². The minimum atomic E-state index is 0.637. The third kappa shape index (κ3) is 2.69. The fourth-order valence-corrected chi connectivity index (χ4v) is 1.86. The molecule has 0 unspecified atom stereocenters. The van der Waals surface area contributed by atoms with Crippen LogP contribution in [-0.2, 0) is 13.1 Å². The number of H-pyrrole nitrogens is 1. The molecule has 0 radical (unpaired) electrons. The molecule has 3 aromatic heterocycles. The van der Waals surface area contributed by atoms with E-state index in [1.807, 2.05) is 30.6 Å². The zero-order valence-corrected chi connectivity index (χ0v) is 10.2. The van der Waals surface area contributed by atoms with Crippen LogP contribution in [0, 0.1) is 0 Å². The van der Waals surface area contributed by atoms with Gasteiger partial charge in [-0.1, -0.05) is 5.16 Å². The summed E-state index contributed by atoms with van der Waals surface area (Å²) in [5.74, 6) is 0.812. The first-order chi connectivity index (χ1) is 9.43. The Morgan fingerprint density at radius 2 is 2.16 bits per heavy atom. The van der Waals surface area contributed by atoms with Gasteiger partial charge >= 0.3 is 0 Å². The first kappa shape index (κ1) is 11.6. The lowest BCUT2D eigenvalue weighted by Crippen LogP contribution is -2.12. The Labute approximate surface area is 109 Å². The quantitative estimate of drug-likeness (QED) is 0.726. The van der Waals surface area contributed by atoms with E-state index in [2.05, 4.69) is 25.7 Å². The molecule has 0 bridgehead atoms. The zero-order chi connectivity index (χ0) is 12.9. The molecule has 19 heavy (non-hydrogen) atoms. The second-order valence-electron chi connectivity index (χ2n) is 4.09. The summed E-state index contributed by atoms with van der Waals surface area (Å²) in [6.07, 6.45) is 7.01. The topological polar surface area (TPSA) is 79.6 Å². The Kier molecular flexibility index (Phi) is 3.33. The summed E-state index contributed by atoms with van der Waals surface area (Å²) in [5, 5.41) is 14.0. The van der Waals surface area contributed by atoms with Crippen molar-refractivity contribution in [3.63, 3.8) is 0 Å². The van der Waals surface area contributed by atoms with Gasteiger partial charge in [-0.25, -0.2) is 0 Å². The van der Waals surface area contributed by atoms with Crippen LogP contribution in [0.25, 0.3) is 11.3 Å². The van der Waals surface area contributed by atoms with Crippen molar-refractivity contribution in [1.82, 2.24) is 25.7 Å². The molecule has 6 nitrogen and oxygen atoms in total. The average molecular weight is 255 g/mol. The van der Waals surface area contributed by atoms with Crippen LogP contribution in [0.15, 0.2) is 47.5 Å². The molecule has 6 heteroatoms. The first-order valence-corrected chi connectivity index (χ1v) is 5.96. The Bertz CT molecular complexity index is 618. The van der Waals surface area contributed by atoms with Gasteiger partial charge in [-0.2, -0.15) is 5.10 Å². The molecule has 0 aliphatic carbocycles. The van der Waals surface area contributed by atoms with Crippen LogP contribution < -0.4 is 5.32 Å². The fourth-order valence-electron chi connectivity index (χ4n) is 1.86. The van der Waals surface area contributed by atoms with Crippen LogP contribution in [0.3, 0.4) is 0 Å². The van der Waals surface area contributed by atoms with Crippen LogP contribution in [0.1, 0.15) is 11.3 Å². The third-order valence-corrected chi connectivity index (χ3v) is 2.77. The van der Waals surface area contributed by atoms with E-state index < -0.39 is 0 Å². The summed E-state index contributed by atoms with van der Waals surface area (Å²) in [6, 6.07) is 5.74. The Balaban J connectivity index is 1.67. The van der Waals surface area contributed by atoms with Gasteiger partial charge in [-0.15, -0.1) is 0 Å². The molecule has 0 spiro atoms. The van der Waals surface area contributed by atoms with E-state index in [4.69, 9.17) is 4.52 Å². The van der Waals surface area contributed by atoms with Gasteiger partial charge in [-0.3, -0.25) is 10.1 Å². The van der Waals surface area contributed by atoms with Crippen molar-refractivity contribution in [1.29, 1.82) is 0 Å². The number of rotatable bonds is 5. The van der Waals surface area contributed by atoms with E-state index in [-0.39, 0.29) is 0 Å². The van der Waals surface area contributed by atoms with Crippen molar-refractivity contribution in [3.8, 4) is 11.3 Å². The molecule has 3 heterocycles. The smallest absolute Gasteiger partial charge is 0.150 e. The number of aromatic amines is 1. The maximum atomic E-state index is 5.02. The SMILES string of the molecule is c1cncc(-c2[nH]ncc2CNCc2ccno2)c1. The third-order valence-electron chi connectivity index (χ3n) is 2.77. The van der Waals surface area contributed by atoms with E-state index in [0.29, 0.717) is 13.1 Å². The summed E-state index contributed by atoms with van der Waals surface area (Å²) in [6.45, 7) is 1.33. The Hall–Kier alpha value is -2.47. The van der Waals surface area contributed by atoms with Crippen LogP contribution in [-0.4, -0.2) is 20.3 Å². The maximum absolute atomic E-state index is 5.02. The average Bonchev–Trinajstić information content (AvgIpc) is 3.11. The minimum absolute atomic E-state index is 0.637. The van der Waals surface area contributed by atoms with E-state index >= 15 is 0 Å². The van der Waals surface area contributed by atoms with Gasteiger partial charge in [0, 0.05) is 36.1 Å². The van der Waals surface area contributed by atoms with Gasteiger partial charge < -0.3 is 9.84 Å². The van der Waals surface area contributed by atoms with Crippen molar-refractivity contribution >= 4 is 0 Å². The van der Waals surface area contributed by atoms with Crippen LogP contribution in [0.2, 0.25) is 0 Å². The minimum Gasteiger partial charge on any atom is -0.360 e. The van der Waals surface area contributed by atoms with Gasteiger partial charge in [0.15, 0.2) is 0 Å². The van der Waals surface area contributed by atoms with Crippen molar-refractivity contribution in [3.05, 3.63) is 54.3 Å². The fraction of sp³-hybridized carbons (Fsp3) is 0.154. The van der Waals surface area contributed by atoms with E-state index in [1.165, 1.54) is 0 Å². The van der Waals surface area contributed by atoms with Crippen molar-refractivity contribution < 1.29 is 4.52 Å². The standard InChI is InChI=1S/C13H13N5O/c1-2-10(6-14-4-1)13-11(8-16-18-13)7-15-9-12-3-5-17-19-12/h1-6,8,15H,7,9H2,(H,16,18).